The maximum atomic E-state index is 14.1. The van der Waals surface area contributed by atoms with Gasteiger partial charge < -0.3 is 30.6 Å². The van der Waals surface area contributed by atoms with Crippen LogP contribution in [0.4, 0.5) is 4.79 Å². The van der Waals surface area contributed by atoms with E-state index in [1.807, 2.05) is 35.2 Å². The van der Waals surface area contributed by atoms with Gasteiger partial charge >= 0.3 is 6.03 Å². The van der Waals surface area contributed by atoms with Crippen molar-refractivity contribution in [3.63, 3.8) is 0 Å². The van der Waals surface area contributed by atoms with Crippen LogP contribution in [0.3, 0.4) is 0 Å². The molecule has 1 aromatic heterocycles. The first-order valence-corrected chi connectivity index (χ1v) is 17.6. The number of fused-ring (bicyclic) bond motifs is 1. The number of hydrogen-bond donors (Lipinski definition) is 4. The van der Waals surface area contributed by atoms with Crippen LogP contribution in [0.5, 0.6) is 0 Å². The van der Waals surface area contributed by atoms with Gasteiger partial charge in [0.05, 0.1) is 29.1 Å². The van der Waals surface area contributed by atoms with E-state index in [4.69, 9.17) is 21.3 Å². The van der Waals surface area contributed by atoms with Crippen molar-refractivity contribution in [3.8, 4) is 0 Å². The van der Waals surface area contributed by atoms with Gasteiger partial charge in [0, 0.05) is 55.2 Å². The second-order valence-corrected chi connectivity index (χ2v) is 15.3. The highest BCUT2D eigenvalue weighted by Crippen LogP contribution is 2.60. The molecular formula is C36H45ClN6O3. The van der Waals surface area contributed by atoms with E-state index in [1.54, 1.807) is 0 Å². The number of ether oxygens (including phenoxy) is 1. The zero-order valence-electron chi connectivity index (χ0n) is 26.7. The summed E-state index contributed by atoms with van der Waals surface area (Å²) in [6.45, 7) is 6.53. The Bertz CT molecular complexity index is 1640. The molecule has 0 bridgehead atoms. The molecule has 244 valence electrons. The van der Waals surface area contributed by atoms with Gasteiger partial charge in [0.1, 0.15) is 5.82 Å². The van der Waals surface area contributed by atoms with E-state index in [0.29, 0.717) is 30.5 Å². The average molecular weight is 645 g/mol. The van der Waals surface area contributed by atoms with Gasteiger partial charge in [-0.15, -0.1) is 0 Å². The van der Waals surface area contributed by atoms with E-state index >= 15 is 0 Å². The van der Waals surface area contributed by atoms with Crippen LogP contribution in [0.1, 0.15) is 87.2 Å². The molecule has 4 atom stereocenters. The number of hydrogen-bond acceptors (Lipinski definition) is 5. The van der Waals surface area contributed by atoms with Crippen LogP contribution in [0.25, 0.3) is 11.0 Å². The predicted octanol–water partition coefficient (Wildman–Crippen LogP) is 5.56. The molecule has 2 saturated carbocycles. The minimum Gasteiger partial charge on any atom is -0.380 e. The van der Waals surface area contributed by atoms with Crippen LogP contribution in [-0.4, -0.2) is 72.2 Å². The van der Waals surface area contributed by atoms with E-state index in [1.165, 1.54) is 19.3 Å². The van der Waals surface area contributed by atoms with Crippen molar-refractivity contribution >= 4 is 34.6 Å². The van der Waals surface area contributed by atoms with Crippen LogP contribution < -0.4 is 16.0 Å². The summed E-state index contributed by atoms with van der Waals surface area (Å²) in [5, 5.41) is 11.1. The first-order valence-electron chi connectivity index (χ1n) is 17.2. The van der Waals surface area contributed by atoms with E-state index < -0.39 is 11.5 Å². The molecule has 3 aromatic rings. The number of halogens is 1. The summed E-state index contributed by atoms with van der Waals surface area (Å²) in [6, 6.07) is 13.8. The predicted molar refractivity (Wildman–Crippen MR) is 178 cm³/mol. The lowest BCUT2D eigenvalue weighted by atomic mass is 9.65. The fraction of sp³-hybridized carbons (Fsp3) is 0.583. The molecular weight excluding hydrogens is 600 g/mol. The molecule has 46 heavy (non-hydrogen) atoms. The molecule has 4 N–H and O–H groups in total. The molecule has 0 radical (unpaired) electrons. The van der Waals surface area contributed by atoms with Gasteiger partial charge in [0.2, 0.25) is 5.91 Å². The highest BCUT2D eigenvalue weighted by atomic mass is 35.5. The lowest BCUT2D eigenvalue weighted by molar-refractivity contribution is -0.128. The number of carbonyl (C=O) groups excluding carboxylic acids is 2. The second kappa shape index (κ2) is 11.5. The SMILES string of the molecule is CC1([C@@H](c2ccccc2Cl)[C@H](NC(=O)N2CCCC2)c2nc3ccc(C4(C(=O)N[C@H]5CNCC56CCC6)CCOC4)cc3[nH]2)CC1. The van der Waals surface area contributed by atoms with Gasteiger partial charge in [-0.2, -0.15) is 0 Å². The number of nitrogens with zero attached hydrogens (tertiary/aromatic N) is 2. The van der Waals surface area contributed by atoms with E-state index in [0.717, 1.165) is 74.0 Å². The maximum absolute atomic E-state index is 14.1. The third kappa shape index (κ3) is 5.10. The van der Waals surface area contributed by atoms with Crippen molar-refractivity contribution in [1.82, 2.24) is 30.8 Å². The number of carbonyl (C=O) groups is 2. The van der Waals surface area contributed by atoms with Crippen LogP contribution in [0.2, 0.25) is 5.02 Å². The number of imidazole rings is 1. The van der Waals surface area contributed by atoms with Crippen molar-refractivity contribution in [2.75, 3.05) is 39.4 Å². The molecule has 3 amide bonds. The Kier molecular flexibility index (Phi) is 7.57. The summed E-state index contributed by atoms with van der Waals surface area (Å²) < 4.78 is 5.91. The number of rotatable bonds is 8. The Labute approximate surface area is 275 Å². The quantitative estimate of drug-likeness (QED) is 0.257. The highest BCUT2D eigenvalue weighted by molar-refractivity contribution is 6.31. The molecule has 2 aromatic carbocycles. The van der Waals surface area contributed by atoms with Gasteiger partial charge in [0.25, 0.3) is 0 Å². The lowest BCUT2D eigenvalue weighted by Crippen LogP contribution is -2.55. The molecule has 2 aliphatic carbocycles. The molecule has 4 heterocycles. The smallest absolute Gasteiger partial charge is 0.318 e. The first kappa shape index (κ1) is 30.2. The molecule has 1 spiro atoms. The minimum absolute atomic E-state index is 0.0195. The number of H-pyrrole nitrogens is 1. The van der Waals surface area contributed by atoms with Crippen molar-refractivity contribution in [1.29, 1.82) is 0 Å². The topological polar surface area (TPSA) is 111 Å². The van der Waals surface area contributed by atoms with Crippen molar-refractivity contribution in [2.24, 2.45) is 10.8 Å². The van der Waals surface area contributed by atoms with Gasteiger partial charge in [-0.25, -0.2) is 9.78 Å². The Hall–Kier alpha value is -3.14. The normalized spacial score (nSPS) is 27.4. The Morgan fingerprint density at radius 1 is 1.07 bits per heavy atom. The molecule has 9 nitrogen and oxygen atoms in total. The summed E-state index contributed by atoms with van der Waals surface area (Å²) in [6.07, 6.45) is 8.36. The van der Waals surface area contributed by atoms with Gasteiger partial charge in [-0.1, -0.05) is 49.2 Å². The van der Waals surface area contributed by atoms with Gasteiger partial charge in [-0.05, 0) is 79.7 Å². The minimum atomic E-state index is -0.752. The number of urea groups is 1. The molecule has 3 saturated heterocycles. The number of likely N-dealkylation sites (tertiary alicyclic amines) is 1. The van der Waals surface area contributed by atoms with Crippen molar-refractivity contribution < 1.29 is 14.3 Å². The zero-order chi connectivity index (χ0) is 31.5. The van der Waals surface area contributed by atoms with Gasteiger partial charge in [-0.3, -0.25) is 4.79 Å². The highest BCUT2D eigenvalue weighted by Gasteiger charge is 2.52. The van der Waals surface area contributed by atoms with Crippen LogP contribution in [0, 0.1) is 10.8 Å². The fourth-order valence-electron chi connectivity index (χ4n) is 8.69. The Morgan fingerprint density at radius 2 is 1.87 bits per heavy atom. The maximum Gasteiger partial charge on any atom is 0.318 e. The molecule has 8 rings (SSSR count). The summed E-state index contributed by atoms with van der Waals surface area (Å²) in [5.41, 5.74) is 3.05. The molecule has 5 fully saturated rings. The number of aromatic amines is 1. The van der Waals surface area contributed by atoms with Gasteiger partial charge in [0.15, 0.2) is 0 Å². The summed E-state index contributed by atoms with van der Waals surface area (Å²) in [4.78, 5) is 38.4. The second-order valence-electron chi connectivity index (χ2n) is 14.9. The van der Waals surface area contributed by atoms with Crippen LogP contribution >= 0.6 is 11.6 Å². The van der Waals surface area contributed by atoms with Crippen molar-refractivity contribution in [2.45, 2.75) is 81.7 Å². The van der Waals surface area contributed by atoms with E-state index in [9.17, 15) is 9.59 Å². The standard InChI is InChI=1S/C36H45ClN6O3/c1-34(13-14-34)29(24-7-2-3-8-25(24)37)30(42-33(45)43-16-4-5-17-43)31-39-26-10-9-23(19-27(26)40-31)36(15-18-46-22-36)32(44)41-28-20-38-21-35(28)11-6-12-35/h2-3,7-10,19,28-30,38H,4-6,11-18,20-22H2,1H3,(H,39,40)(H,41,44)(H,42,45)/t28-,29-,30-,36?/m0/s1. The number of benzene rings is 2. The monoisotopic (exact) mass is 644 g/mol. The van der Waals surface area contributed by atoms with Crippen molar-refractivity contribution in [3.05, 3.63) is 64.4 Å². The third-order valence-corrected chi connectivity index (χ3v) is 12.4. The number of amides is 3. The van der Waals surface area contributed by atoms with Crippen LogP contribution in [0.15, 0.2) is 42.5 Å². The molecule has 1 unspecified atom stereocenters. The van der Waals surface area contributed by atoms with E-state index in [2.05, 4.69) is 40.0 Å². The largest absolute Gasteiger partial charge is 0.380 e. The summed E-state index contributed by atoms with van der Waals surface area (Å²) in [5.74, 6) is 0.704. The first-order chi connectivity index (χ1) is 22.3. The summed E-state index contributed by atoms with van der Waals surface area (Å²) in [7, 11) is 0. The fourth-order valence-corrected chi connectivity index (χ4v) is 8.94. The Morgan fingerprint density at radius 3 is 2.57 bits per heavy atom. The molecule has 10 heteroatoms. The number of aromatic nitrogens is 2. The van der Waals surface area contributed by atoms with E-state index in [-0.39, 0.29) is 34.7 Å². The average Bonchev–Trinajstić information content (AvgIpc) is 3.63. The molecule has 5 aliphatic rings. The van der Waals surface area contributed by atoms with Crippen LogP contribution in [-0.2, 0) is 14.9 Å². The number of nitrogens with one attached hydrogen (secondary N) is 4. The Balaban J connectivity index is 1.15. The third-order valence-electron chi connectivity index (χ3n) is 12.1. The lowest BCUT2D eigenvalue weighted by Gasteiger charge is -2.43. The summed E-state index contributed by atoms with van der Waals surface area (Å²) >= 11 is 6.85. The zero-order valence-corrected chi connectivity index (χ0v) is 27.4. The molecule has 3 aliphatic heterocycles.